The van der Waals surface area contributed by atoms with Gasteiger partial charge in [0.15, 0.2) is 0 Å². The van der Waals surface area contributed by atoms with E-state index in [0.29, 0.717) is 6.54 Å². The summed E-state index contributed by atoms with van der Waals surface area (Å²) in [7, 11) is 1.99. The topological polar surface area (TPSA) is 48.1 Å². The van der Waals surface area contributed by atoms with Crippen molar-refractivity contribution in [3.63, 3.8) is 0 Å². The summed E-state index contributed by atoms with van der Waals surface area (Å²) in [5, 5.41) is 6.55. The Morgan fingerprint density at radius 2 is 1.83 bits per heavy atom. The Hall–Kier alpha value is -2.89. The average molecular weight is 418 g/mol. The minimum Gasteiger partial charge on any atom is -0.361 e. The second-order valence-corrected chi connectivity index (χ2v) is 8.47. The summed E-state index contributed by atoms with van der Waals surface area (Å²) in [6.07, 6.45) is 2.08. The van der Waals surface area contributed by atoms with Crippen molar-refractivity contribution in [2.75, 3.05) is 20.1 Å². The number of nitrogens with zero attached hydrogens (tertiary/aromatic N) is 1. The fraction of sp³-hybridized carbons (Fsp3) is 0.240. The standard InChI is InChI=1S/C25H27N3OS/c1-3-28(2)24(18-10-5-4-6-11-18)25(29)27-17-21(23-14-9-15-30-23)20-16-26-22-13-8-7-12-19(20)22/h4-16,21,24,26H,3,17H2,1-2H3,(H,27,29). The number of benzene rings is 2. The Bertz CT molecular complexity index is 1090. The largest absolute Gasteiger partial charge is 0.361 e. The normalized spacial score (nSPS) is 13.4. The number of carbonyl (C=O) groups excluding carboxylic acids is 1. The molecule has 1 amide bonds. The monoisotopic (exact) mass is 417 g/mol. The van der Waals surface area contributed by atoms with Gasteiger partial charge in [-0.1, -0.05) is 61.5 Å². The smallest absolute Gasteiger partial charge is 0.241 e. The molecular formula is C25H27N3OS. The summed E-state index contributed by atoms with van der Waals surface area (Å²) in [6, 6.07) is 22.2. The van der Waals surface area contributed by atoms with Gasteiger partial charge in [-0.05, 0) is 42.2 Å². The first kappa shape index (κ1) is 20.4. The molecule has 0 aliphatic rings. The lowest BCUT2D eigenvalue weighted by molar-refractivity contribution is -0.126. The molecule has 5 heteroatoms. The molecule has 2 aromatic heterocycles. The number of aromatic nitrogens is 1. The molecule has 2 heterocycles. The van der Waals surface area contributed by atoms with Crippen molar-refractivity contribution in [3.8, 4) is 0 Å². The number of carbonyl (C=O) groups is 1. The fourth-order valence-electron chi connectivity index (χ4n) is 3.96. The van der Waals surface area contributed by atoms with Gasteiger partial charge in [-0.2, -0.15) is 0 Å². The Labute approximate surface area is 181 Å². The molecule has 154 valence electrons. The van der Waals surface area contributed by atoms with Crippen LogP contribution in [0.25, 0.3) is 10.9 Å². The van der Waals surface area contributed by atoms with E-state index in [4.69, 9.17) is 0 Å². The molecule has 0 bridgehead atoms. The number of rotatable bonds is 8. The Morgan fingerprint density at radius 3 is 2.57 bits per heavy atom. The van der Waals surface area contributed by atoms with Gasteiger partial charge < -0.3 is 10.3 Å². The van der Waals surface area contributed by atoms with Crippen molar-refractivity contribution in [3.05, 3.63) is 94.3 Å². The zero-order valence-corrected chi connectivity index (χ0v) is 18.2. The molecule has 0 spiro atoms. The molecule has 0 aliphatic heterocycles. The van der Waals surface area contributed by atoms with Crippen LogP contribution in [0.4, 0.5) is 0 Å². The lowest BCUT2D eigenvalue weighted by Crippen LogP contribution is -2.40. The van der Waals surface area contributed by atoms with E-state index in [1.54, 1.807) is 11.3 Å². The summed E-state index contributed by atoms with van der Waals surface area (Å²) in [4.78, 5) is 20.0. The van der Waals surface area contributed by atoms with Crippen LogP contribution in [0.15, 0.2) is 78.3 Å². The minimum absolute atomic E-state index is 0.0342. The molecule has 2 aromatic carbocycles. The van der Waals surface area contributed by atoms with Gasteiger partial charge in [0.2, 0.25) is 5.91 Å². The van der Waals surface area contributed by atoms with Gasteiger partial charge in [-0.15, -0.1) is 11.3 Å². The van der Waals surface area contributed by atoms with Gasteiger partial charge >= 0.3 is 0 Å². The van der Waals surface area contributed by atoms with Crippen molar-refractivity contribution < 1.29 is 4.79 Å². The number of thiophene rings is 1. The first-order valence-electron chi connectivity index (χ1n) is 10.3. The second kappa shape index (κ2) is 9.28. The van der Waals surface area contributed by atoms with E-state index in [1.165, 1.54) is 15.8 Å². The van der Waals surface area contributed by atoms with Gasteiger partial charge in [0.1, 0.15) is 6.04 Å². The lowest BCUT2D eigenvalue weighted by Gasteiger charge is -2.27. The van der Waals surface area contributed by atoms with Crippen LogP contribution in [0.3, 0.4) is 0 Å². The molecular weight excluding hydrogens is 390 g/mol. The van der Waals surface area contributed by atoms with Crippen molar-refractivity contribution in [2.45, 2.75) is 18.9 Å². The van der Waals surface area contributed by atoms with Crippen LogP contribution in [0, 0.1) is 0 Å². The van der Waals surface area contributed by atoms with Crippen molar-refractivity contribution >= 4 is 28.1 Å². The number of H-pyrrole nitrogens is 1. The third kappa shape index (κ3) is 4.18. The molecule has 2 N–H and O–H groups in total. The second-order valence-electron chi connectivity index (χ2n) is 7.49. The van der Waals surface area contributed by atoms with E-state index in [1.807, 2.05) is 43.4 Å². The number of nitrogens with one attached hydrogen (secondary N) is 2. The van der Waals surface area contributed by atoms with E-state index >= 15 is 0 Å². The van der Waals surface area contributed by atoms with Gasteiger partial charge in [-0.25, -0.2) is 0 Å². The molecule has 30 heavy (non-hydrogen) atoms. The SMILES string of the molecule is CCN(C)C(C(=O)NCC(c1cccs1)c1c[nH]c2ccccc12)c1ccccc1. The van der Waals surface area contributed by atoms with Gasteiger partial charge in [0.05, 0.1) is 0 Å². The molecule has 4 rings (SSSR count). The van der Waals surface area contributed by atoms with Crippen LogP contribution in [-0.2, 0) is 4.79 Å². The summed E-state index contributed by atoms with van der Waals surface area (Å²) < 4.78 is 0. The number of amides is 1. The number of hydrogen-bond acceptors (Lipinski definition) is 3. The van der Waals surface area contributed by atoms with Crippen LogP contribution in [-0.4, -0.2) is 35.9 Å². The summed E-state index contributed by atoms with van der Waals surface area (Å²) in [6.45, 7) is 3.43. The highest BCUT2D eigenvalue weighted by atomic mass is 32.1. The van der Waals surface area contributed by atoms with E-state index in [-0.39, 0.29) is 17.9 Å². The van der Waals surface area contributed by atoms with E-state index in [2.05, 4.69) is 64.0 Å². The van der Waals surface area contributed by atoms with E-state index in [9.17, 15) is 4.79 Å². The van der Waals surface area contributed by atoms with Crippen molar-refractivity contribution in [1.29, 1.82) is 0 Å². The van der Waals surface area contributed by atoms with E-state index < -0.39 is 0 Å². The lowest BCUT2D eigenvalue weighted by atomic mass is 9.96. The van der Waals surface area contributed by atoms with Crippen molar-refractivity contribution in [1.82, 2.24) is 15.2 Å². The highest BCUT2D eigenvalue weighted by molar-refractivity contribution is 7.10. The maximum absolute atomic E-state index is 13.3. The summed E-state index contributed by atoms with van der Waals surface area (Å²) in [5.74, 6) is 0.139. The zero-order valence-electron chi connectivity index (χ0n) is 17.3. The summed E-state index contributed by atoms with van der Waals surface area (Å²) in [5.41, 5.74) is 3.35. The van der Waals surface area contributed by atoms with Gasteiger partial charge in [0, 0.05) is 34.4 Å². The highest BCUT2D eigenvalue weighted by Crippen LogP contribution is 2.33. The molecule has 4 nitrogen and oxygen atoms in total. The third-order valence-electron chi connectivity index (χ3n) is 5.67. The maximum atomic E-state index is 13.3. The zero-order chi connectivity index (χ0) is 20.9. The number of fused-ring (bicyclic) bond motifs is 1. The molecule has 0 radical (unpaired) electrons. The maximum Gasteiger partial charge on any atom is 0.241 e. The first-order chi connectivity index (χ1) is 14.7. The van der Waals surface area contributed by atoms with Crippen LogP contribution in [0.1, 0.15) is 34.9 Å². The molecule has 0 saturated carbocycles. The minimum atomic E-state index is -0.303. The predicted octanol–water partition coefficient (Wildman–Crippen LogP) is 5.17. The number of likely N-dealkylation sites (N-methyl/N-ethyl adjacent to an activating group) is 1. The number of hydrogen-bond donors (Lipinski definition) is 2. The molecule has 0 saturated heterocycles. The summed E-state index contributed by atoms with van der Waals surface area (Å²) >= 11 is 1.73. The first-order valence-corrected chi connectivity index (χ1v) is 11.2. The van der Waals surface area contributed by atoms with Crippen LogP contribution >= 0.6 is 11.3 Å². The average Bonchev–Trinajstić information content (AvgIpc) is 3.46. The van der Waals surface area contributed by atoms with Gasteiger partial charge in [-0.3, -0.25) is 9.69 Å². The Balaban J connectivity index is 1.60. The van der Waals surface area contributed by atoms with Crippen LogP contribution < -0.4 is 5.32 Å². The number of aromatic amines is 1. The highest BCUT2D eigenvalue weighted by Gasteiger charge is 2.26. The Morgan fingerprint density at radius 1 is 1.07 bits per heavy atom. The number of para-hydroxylation sites is 1. The Kier molecular flexibility index (Phi) is 6.31. The molecule has 0 fully saturated rings. The predicted molar refractivity (Wildman–Crippen MR) is 125 cm³/mol. The van der Waals surface area contributed by atoms with Gasteiger partial charge in [0.25, 0.3) is 0 Å². The fourth-order valence-corrected chi connectivity index (χ4v) is 4.80. The molecule has 2 atom stereocenters. The van der Waals surface area contributed by atoms with E-state index in [0.717, 1.165) is 17.6 Å². The van der Waals surface area contributed by atoms with Crippen molar-refractivity contribution in [2.24, 2.45) is 0 Å². The molecule has 2 unspecified atom stereocenters. The molecule has 0 aliphatic carbocycles. The third-order valence-corrected chi connectivity index (χ3v) is 6.65. The molecule has 4 aromatic rings. The van der Waals surface area contributed by atoms with Crippen LogP contribution in [0.2, 0.25) is 0 Å². The van der Waals surface area contributed by atoms with Crippen LogP contribution in [0.5, 0.6) is 0 Å². The quantitative estimate of drug-likeness (QED) is 0.415.